The lowest BCUT2D eigenvalue weighted by Crippen LogP contribution is -2.46. The Morgan fingerprint density at radius 1 is 1.22 bits per heavy atom. The first-order chi connectivity index (χ1) is 14.7. The molecule has 0 bridgehead atoms. The molecule has 0 saturated carbocycles. The van der Waals surface area contributed by atoms with E-state index >= 15 is 0 Å². The van der Waals surface area contributed by atoms with Gasteiger partial charge in [-0.2, -0.15) is 13.2 Å². The molecular formula is C21H28F5N3O3. The molecule has 0 fully saturated rings. The summed E-state index contributed by atoms with van der Waals surface area (Å²) in [6, 6.07) is 3.50. The number of hydrogen-bond donors (Lipinski definition) is 3. The Morgan fingerprint density at radius 3 is 2.41 bits per heavy atom. The largest absolute Gasteiger partial charge is 0.438 e. The number of nitrogens with one attached hydrogen (secondary N) is 2. The Morgan fingerprint density at radius 2 is 1.84 bits per heavy atom. The van der Waals surface area contributed by atoms with E-state index in [4.69, 9.17) is 4.74 Å². The number of amides is 1. The van der Waals surface area contributed by atoms with Gasteiger partial charge in [0.15, 0.2) is 6.10 Å². The van der Waals surface area contributed by atoms with Crippen molar-refractivity contribution in [2.75, 3.05) is 13.1 Å². The molecule has 1 unspecified atom stereocenters. The van der Waals surface area contributed by atoms with E-state index in [1.165, 1.54) is 6.07 Å². The van der Waals surface area contributed by atoms with Gasteiger partial charge in [-0.1, -0.05) is 6.07 Å². The Labute approximate surface area is 183 Å². The number of nitrogens with zero attached hydrogens (tertiary/aromatic N) is 1. The van der Waals surface area contributed by atoms with Crippen LogP contribution in [0.4, 0.5) is 26.7 Å². The fourth-order valence-corrected chi connectivity index (χ4v) is 3.34. The monoisotopic (exact) mass is 465 g/mol. The second-order valence-electron chi connectivity index (χ2n) is 8.76. The number of aliphatic hydroxyl groups is 1. The minimum atomic E-state index is -4.55. The van der Waals surface area contributed by atoms with Crippen LogP contribution in [0.5, 0.6) is 0 Å². The summed E-state index contributed by atoms with van der Waals surface area (Å²) in [6.45, 7) is 4.64. The van der Waals surface area contributed by atoms with Gasteiger partial charge in [0.25, 0.3) is 0 Å². The molecule has 2 rings (SSSR count). The van der Waals surface area contributed by atoms with Crippen LogP contribution in [0.25, 0.3) is 0 Å². The van der Waals surface area contributed by atoms with Crippen molar-refractivity contribution in [1.82, 2.24) is 10.6 Å². The standard InChI is InChI=1S/C21H28F5N3O3/c1-20(2,3)29-19(31)32-16-8-7-12(17-14(22)5-4-6-15(17)23)10-27-18(16)28-11-13(30)9-21(24,25)26/h4-6,12-13,16,30H,7-11H2,1-3H3,(H,27,28)(H,29,31)/t12-,13?,16-/m1/s1. The molecule has 1 aliphatic rings. The van der Waals surface area contributed by atoms with Gasteiger partial charge in [0.05, 0.1) is 12.5 Å². The molecule has 1 amide bonds. The lowest BCUT2D eigenvalue weighted by molar-refractivity contribution is -0.152. The van der Waals surface area contributed by atoms with Crippen LogP contribution >= 0.6 is 0 Å². The van der Waals surface area contributed by atoms with Gasteiger partial charge in [-0.05, 0) is 45.7 Å². The van der Waals surface area contributed by atoms with E-state index in [2.05, 4.69) is 15.6 Å². The molecule has 1 aromatic carbocycles. The predicted octanol–water partition coefficient (Wildman–Crippen LogP) is 4.04. The number of halogens is 5. The van der Waals surface area contributed by atoms with E-state index in [0.717, 1.165) is 12.1 Å². The Balaban J connectivity index is 2.19. The van der Waals surface area contributed by atoms with Crippen molar-refractivity contribution >= 4 is 11.9 Å². The number of amidine groups is 1. The highest BCUT2D eigenvalue weighted by Gasteiger charge is 2.33. The van der Waals surface area contributed by atoms with Crippen LogP contribution in [0.3, 0.4) is 0 Å². The number of ether oxygens (including phenoxy) is 1. The van der Waals surface area contributed by atoms with Gasteiger partial charge in [0.2, 0.25) is 0 Å². The summed E-state index contributed by atoms with van der Waals surface area (Å²) >= 11 is 0. The number of aliphatic imine (C=N–C) groups is 1. The van der Waals surface area contributed by atoms with Gasteiger partial charge in [-0.15, -0.1) is 0 Å². The molecule has 3 atom stereocenters. The lowest BCUT2D eigenvalue weighted by atomic mass is 9.93. The molecule has 1 aromatic rings. The number of aliphatic hydroxyl groups excluding tert-OH is 1. The maximum Gasteiger partial charge on any atom is 0.408 e. The molecule has 6 nitrogen and oxygen atoms in total. The van der Waals surface area contributed by atoms with Gasteiger partial charge in [0.1, 0.15) is 17.5 Å². The molecule has 180 valence electrons. The predicted molar refractivity (Wildman–Crippen MR) is 108 cm³/mol. The summed E-state index contributed by atoms with van der Waals surface area (Å²) in [7, 11) is 0. The Kier molecular flexibility index (Phi) is 8.44. The SMILES string of the molecule is CC(C)(C)NC(=O)O[C@@H]1CC[C@@H](c2c(F)cccc2F)CN=C1NCC(O)CC(F)(F)F. The highest BCUT2D eigenvalue weighted by molar-refractivity contribution is 5.88. The van der Waals surface area contributed by atoms with Crippen molar-refractivity contribution in [2.45, 2.75) is 69.9 Å². The third-order valence-electron chi connectivity index (χ3n) is 4.68. The van der Waals surface area contributed by atoms with Gasteiger partial charge >= 0.3 is 12.3 Å². The topological polar surface area (TPSA) is 83.0 Å². The molecule has 0 aliphatic carbocycles. The van der Waals surface area contributed by atoms with E-state index in [-0.39, 0.29) is 30.8 Å². The fourth-order valence-electron chi connectivity index (χ4n) is 3.34. The normalized spacial score (nSPS) is 20.7. The zero-order valence-corrected chi connectivity index (χ0v) is 18.1. The Bertz CT molecular complexity index is 804. The average Bonchev–Trinajstić information content (AvgIpc) is 2.79. The van der Waals surface area contributed by atoms with E-state index in [1.807, 2.05) is 0 Å². The molecule has 0 radical (unpaired) electrons. The molecule has 11 heteroatoms. The van der Waals surface area contributed by atoms with E-state index in [9.17, 15) is 31.9 Å². The number of rotatable bonds is 5. The average molecular weight is 465 g/mol. The molecule has 32 heavy (non-hydrogen) atoms. The molecule has 3 N–H and O–H groups in total. The number of alkyl halides is 3. The van der Waals surface area contributed by atoms with Crippen LogP contribution < -0.4 is 10.6 Å². The van der Waals surface area contributed by atoms with Crippen molar-refractivity contribution in [3.8, 4) is 0 Å². The number of carbonyl (C=O) groups is 1. The van der Waals surface area contributed by atoms with E-state index in [1.54, 1.807) is 20.8 Å². The molecule has 0 aromatic heterocycles. The minimum absolute atomic E-state index is 0.0366. The highest BCUT2D eigenvalue weighted by Crippen LogP contribution is 2.30. The molecule has 0 spiro atoms. The number of carbonyl (C=O) groups excluding carboxylic acids is 1. The third kappa shape index (κ3) is 8.25. The lowest BCUT2D eigenvalue weighted by Gasteiger charge is -2.25. The Hall–Kier alpha value is -2.43. The number of hydrogen-bond acceptors (Lipinski definition) is 5. The van der Waals surface area contributed by atoms with Crippen LogP contribution in [-0.2, 0) is 4.74 Å². The van der Waals surface area contributed by atoms with Crippen LogP contribution in [0.15, 0.2) is 23.2 Å². The maximum absolute atomic E-state index is 14.2. The van der Waals surface area contributed by atoms with Crippen molar-refractivity contribution in [2.24, 2.45) is 4.99 Å². The van der Waals surface area contributed by atoms with Gasteiger partial charge in [0, 0.05) is 30.1 Å². The highest BCUT2D eigenvalue weighted by atomic mass is 19.4. The van der Waals surface area contributed by atoms with Gasteiger partial charge in [-0.3, -0.25) is 4.99 Å². The first kappa shape index (κ1) is 25.8. The zero-order valence-electron chi connectivity index (χ0n) is 18.1. The first-order valence-electron chi connectivity index (χ1n) is 10.2. The first-order valence-corrected chi connectivity index (χ1v) is 10.2. The molecule has 0 saturated heterocycles. The zero-order chi connectivity index (χ0) is 24.1. The summed E-state index contributed by atoms with van der Waals surface area (Å²) in [5, 5.41) is 14.9. The smallest absolute Gasteiger partial charge is 0.408 e. The minimum Gasteiger partial charge on any atom is -0.438 e. The van der Waals surface area contributed by atoms with Crippen LogP contribution in [0, 0.1) is 11.6 Å². The summed E-state index contributed by atoms with van der Waals surface area (Å²) in [5.41, 5.74) is -0.749. The summed E-state index contributed by atoms with van der Waals surface area (Å²) in [5.74, 6) is -2.09. The van der Waals surface area contributed by atoms with E-state index in [0.29, 0.717) is 0 Å². The second kappa shape index (κ2) is 10.5. The number of alkyl carbamates (subject to hydrolysis) is 1. The molecule has 1 aliphatic heterocycles. The summed E-state index contributed by atoms with van der Waals surface area (Å²) in [6.07, 6.45) is -9.15. The van der Waals surface area contributed by atoms with Crippen LogP contribution in [-0.4, -0.2) is 54.0 Å². The van der Waals surface area contributed by atoms with Crippen LogP contribution in [0.1, 0.15) is 51.5 Å². The number of benzene rings is 1. The fraction of sp³-hybridized carbons (Fsp3) is 0.619. The quantitative estimate of drug-likeness (QED) is 0.574. The second-order valence-corrected chi connectivity index (χ2v) is 8.76. The van der Waals surface area contributed by atoms with Crippen molar-refractivity contribution in [1.29, 1.82) is 0 Å². The van der Waals surface area contributed by atoms with Crippen molar-refractivity contribution in [3.63, 3.8) is 0 Å². The molecular weight excluding hydrogens is 437 g/mol. The summed E-state index contributed by atoms with van der Waals surface area (Å²) in [4.78, 5) is 16.5. The van der Waals surface area contributed by atoms with Crippen molar-refractivity contribution in [3.05, 3.63) is 35.4 Å². The third-order valence-corrected chi connectivity index (χ3v) is 4.68. The summed E-state index contributed by atoms with van der Waals surface area (Å²) < 4.78 is 71.3. The van der Waals surface area contributed by atoms with Gasteiger partial charge < -0.3 is 20.5 Å². The maximum atomic E-state index is 14.2. The van der Waals surface area contributed by atoms with Crippen molar-refractivity contribution < 1.29 is 36.6 Å². The molecule has 1 heterocycles. The van der Waals surface area contributed by atoms with Crippen LogP contribution in [0.2, 0.25) is 0 Å². The van der Waals surface area contributed by atoms with E-state index < -0.39 is 60.5 Å². The van der Waals surface area contributed by atoms with Gasteiger partial charge in [-0.25, -0.2) is 13.6 Å².